The first-order valence-electron chi connectivity index (χ1n) is 1.65. The van der Waals surface area contributed by atoms with E-state index < -0.39 is 12.6 Å². The van der Waals surface area contributed by atoms with Crippen molar-refractivity contribution in [2.24, 2.45) is 0 Å². The summed E-state index contributed by atoms with van der Waals surface area (Å²) in [6.45, 7) is -0.645. The van der Waals surface area contributed by atoms with Gasteiger partial charge in [0.25, 0.3) is 0 Å². The first-order chi connectivity index (χ1) is 3.31. The minimum atomic E-state index is -0.789. The van der Waals surface area contributed by atoms with Crippen molar-refractivity contribution < 1.29 is 19.7 Å². The van der Waals surface area contributed by atoms with Crippen molar-refractivity contribution >= 4 is 43.7 Å². The van der Waals surface area contributed by atoms with E-state index in [1.165, 1.54) is 7.11 Å². The number of hydrogen-bond acceptors (Lipinski definition) is 4. The van der Waals surface area contributed by atoms with Gasteiger partial charge in [-0.05, 0) is 0 Å². The fourth-order valence-electron chi connectivity index (χ4n) is 0.119. The van der Waals surface area contributed by atoms with Crippen LogP contribution in [0.25, 0.3) is 0 Å². The predicted octanol–water partition coefficient (Wildman–Crippen LogP) is -1.83. The molecule has 0 aromatic heterocycles. The molecule has 0 aliphatic rings. The quantitative estimate of drug-likeness (QED) is 0.284. The second-order valence-corrected chi connectivity index (χ2v) is 0.780. The van der Waals surface area contributed by atoms with Gasteiger partial charge in [0, 0.05) is 0 Å². The molecule has 0 radical (unpaired) electrons. The fraction of sp³-hybridized carbons (Fsp3) is 0.667. The minimum absolute atomic E-state index is 0. The van der Waals surface area contributed by atoms with Crippen molar-refractivity contribution in [1.29, 1.82) is 0 Å². The Bertz CT molecular complexity index is 64.3. The molecule has 0 rings (SSSR count). The molecule has 8 heavy (non-hydrogen) atoms. The van der Waals surface area contributed by atoms with E-state index in [4.69, 9.17) is 5.11 Å². The standard InChI is InChI=1S/C3H6O4.Ca.2H/c1-6-7-3(5)2-4;;;/h4H,2H2,1H3;;;. The summed E-state index contributed by atoms with van der Waals surface area (Å²) in [5.41, 5.74) is 0. The van der Waals surface area contributed by atoms with Crippen molar-refractivity contribution in [3.8, 4) is 0 Å². The summed E-state index contributed by atoms with van der Waals surface area (Å²) in [6, 6.07) is 0. The molecule has 46 valence electrons. The van der Waals surface area contributed by atoms with Crippen LogP contribution in [0, 0.1) is 0 Å². The molecular formula is C3H8CaO4. The van der Waals surface area contributed by atoms with Crippen molar-refractivity contribution in [2.75, 3.05) is 13.7 Å². The Morgan fingerprint density at radius 1 is 1.75 bits per heavy atom. The summed E-state index contributed by atoms with van der Waals surface area (Å²) in [5, 5.41) is 7.91. The van der Waals surface area contributed by atoms with Crippen molar-refractivity contribution in [1.82, 2.24) is 0 Å². The van der Waals surface area contributed by atoms with Crippen LogP contribution in [0.5, 0.6) is 0 Å². The molecule has 4 nitrogen and oxygen atoms in total. The van der Waals surface area contributed by atoms with E-state index in [1.54, 1.807) is 0 Å². The van der Waals surface area contributed by atoms with Gasteiger partial charge >= 0.3 is 43.7 Å². The number of aliphatic hydroxyl groups excluding tert-OH is 1. The van der Waals surface area contributed by atoms with Gasteiger partial charge in [-0.15, -0.1) is 0 Å². The fourth-order valence-corrected chi connectivity index (χ4v) is 0.119. The maximum absolute atomic E-state index is 9.81. The predicted molar refractivity (Wildman–Crippen MR) is 28.7 cm³/mol. The summed E-state index contributed by atoms with van der Waals surface area (Å²) >= 11 is 0. The summed E-state index contributed by atoms with van der Waals surface area (Å²) in [7, 11) is 1.19. The number of carbonyl (C=O) groups is 1. The Hall–Kier alpha value is 0.650. The maximum atomic E-state index is 9.81. The van der Waals surface area contributed by atoms with Gasteiger partial charge in [-0.1, -0.05) is 0 Å². The molecule has 5 heteroatoms. The number of carbonyl (C=O) groups excluding carboxylic acids is 1. The molecule has 0 saturated heterocycles. The van der Waals surface area contributed by atoms with Gasteiger partial charge in [-0.3, -0.25) is 4.89 Å². The average Bonchev–Trinajstić information content (AvgIpc) is 1.68. The second-order valence-electron chi connectivity index (χ2n) is 0.780. The average molecular weight is 148 g/mol. The molecule has 1 N–H and O–H groups in total. The van der Waals surface area contributed by atoms with Gasteiger partial charge in [-0.2, -0.15) is 4.89 Å². The summed E-state index contributed by atoms with van der Waals surface area (Å²) < 4.78 is 0. The third kappa shape index (κ3) is 6.65. The Morgan fingerprint density at radius 2 is 2.25 bits per heavy atom. The van der Waals surface area contributed by atoms with Crippen LogP contribution in [-0.4, -0.2) is 62.5 Å². The van der Waals surface area contributed by atoms with Crippen LogP contribution in [0.2, 0.25) is 0 Å². The summed E-state index contributed by atoms with van der Waals surface area (Å²) in [6.07, 6.45) is 0. The van der Waals surface area contributed by atoms with E-state index in [0.717, 1.165) is 0 Å². The summed E-state index contributed by atoms with van der Waals surface area (Å²) in [4.78, 5) is 17.5. The molecular weight excluding hydrogens is 140 g/mol. The van der Waals surface area contributed by atoms with Crippen LogP contribution >= 0.6 is 0 Å². The molecule has 0 bridgehead atoms. The molecule has 0 heterocycles. The first kappa shape index (κ1) is 11.4. The number of rotatable bonds is 2. The molecule has 0 unspecified atom stereocenters. The van der Waals surface area contributed by atoms with Crippen molar-refractivity contribution in [2.45, 2.75) is 0 Å². The molecule has 0 spiro atoms. The van der Waals surface area contributed by atoms with Gasteiger partial charge in [0.05, 0.1) is 7.11 Å². The van der Waals surface area contributed by atoms with Crippen LogP contribution in [-0.2, 0) is 14.6 Å². The Balaban J connectivity index is 0. The molecule has 0 aromatic carbocycles. The molecule has 0 atom stereocenters. The number of aliphatic hydroxyl groups is 1. The third-order valence-electron chi connectivity index (χ3n) is 0.305. The van der Waals surface area contributed by atoms with Gasteiger partial charge in [0.1, 0.15) is 6.61 Å². The third-order valence-corrected chi connectivity index (χ3v) is 0.305. The van der Waals surface area contributed by atoms with E-state index in [2.05, 4.69) is 9.78 Å². The van der Waals surface area contributed by atoms with E-state index in [1.807, 2.05) is 0 Å². The van der Waals surface area contributed by atoms with E-state index in [0.29, 0.717) is 0 Å². The van der Waals surface area contributed by atoms with Gasteiger partial charge in [0.15, 0.2) is 0 Å². The van der Waals surface area contributed by atoms with Crippen molar-refractivity contribution in [3.05, 3.63) is 0 Å². The second kappa shape index (κ2) is 7.65. The molecule has 0 aromatic rings. The van der Waals surface area contributed by atoms with Crippen LogP contribution in [0.15, 0.2) is 0 Å². The van der Waals surface area contributed by atoms with Gasteiger partial charge < -0.3 is 5.11 Å². The normalized spacial score (nSPS) is 7.25. The molecule has 0 fully saturated rings. The Morgan fingerprint density at radius 3 is 2.38 bits per heavy atom. The summed E-state index contributed by atoms with van der Waals surface area (Å²) in [5.74, 6) is -0.789. The SMILES string of the molecule is COOC(=O)CO.[CaH2]. The topological polar surface area (TPSA) is 55.8 Å². The van der Waals surface area contributed by atoms with E-state index in [-0.39, 0.29) is 37.7 Å². The Labute approximate surface area is 76.7 Å². The number of hydrogen-bond donors (Lipinski definition) is 1. The molecule has 0 saturated carbocycles. The van der Waals surface area contributed by atoms with Crippen LogP contribution in [0.4, 0.5) is 0 Å². The van der Waals surface area contributed by atoms with Crippen LogP contribution in [0.1, 0.15) is 0 Å². The first-order valence-corrected chi connectivity index (χ1v) is 1.65. The van der Waals surface area contributed by atoms with Crippen LogP contribution in [0.3, 0.4) is 0 Å². The van der Waals surface area contributed by atoms with E-state index in [9.17, 15) is 4.79 Å². The molecule has 0 amide bonds. The van der Waals surface area contributed by atoms with Gasteiger partial charge in [0.2, 0.25) is 0 Å². The zero-order valence-electron chi connectivity index (χ0n) is 3.88. The Kier molecular flexibility index (Phi) is 10.9. The zero-order valence-corrected chi connectivity index (χ0v) is 3.88. The molecule has 0 aliphatic carbocycles. The van der Waals surface area contributed by atoms with Gasteiger partial charge in [-0.25, -0.2) is 4.79 Å². The van der Waals surface area contributed by atoms with E-state index >= 15 is 0 Å². The van der Waals surface area contributed by atoms with Crippen LogP contribution < -0.4 is 0 Å². The van der Waals surface area contributed by atoms with Crippen molar-refractivity contribution in [3.63, 3.8) is 0 Å². The monoisotopic (exact) mass is 148 g/mol. The molecule has 0 aliphatic heterocycles. The zero-order chi connectivity index (χ0) is 5.70.